The van der Waals surface area contributed by atoms with Crippen molar-refractivity contribution in [3.05, 3.63) is 24.8 Å². The molecule has 0 saturated carbocycles. The lowest BCUT2D eigenvalue weighted by molar-refractivity contribution is -0.711. The Morgan fingerprint density at radius 2 is 1.60 bits per heavy atom. The molecule has 0 aliphatic carbocycles. The molecule has 1 heterocycles. The number of rotatable bonds is 1. The lowest BCUT2D eigenvalue weighted by Gasteiger charge is -2.02. The Bertz CT molecular complexity index is 358. The van der Waals surface area contributed by atoms with Crippen LogP contribution >= 0.6 is 0 Å². The van der Waals surface area contributed by atoms with Crippen LogP contribution in [0.3, 0.4) is 0 Å². The van der Waals surface area contributed by atoms with Gasteiger partial charge in [-0.2, -0.15) is 18.2 Å². The molecule has 0 spiro atoms. The van der Waals surface area contributed by atoms with Gasteiger partial charge in [0.2, 0.25) is 12.4 Å². The van der Waals surface area contributed by atoms with Crippen LogP contribution < -0.4 is 14.3 Å². The summed E-state index contributed by atoms with van der Waals surface area (Å²) in [5, 5.41) is 1.64. The van der Waals surface area contributed by atoms with Crippen molar-refractivity contribution in [1.29, 1.82) is 0 Å². The van der Waals surface area contributed by atoms with Gasteiger partial charge in [-0.25, -0.2) is 4.79 Å². The first-order valence-electron chi connectivity index (χ1n) is 4.04. The van der Waals surface area contributed by atoms with E-state index in [1.165, 1.54) is 17.1 Å². The zero-order valence-electron chi connectivity index (χ0n) is 8.19. The van der Waals surface area contributed by atoms with Gasteiger partial charge < -0.3 is 0 Å². The number of halogens is 3. The third-order valence-electron chi connectivity index (χ3n) is 1.70. The number of nitrogens with zero attached hydrogens (tertiary/aromatic N) is 3. The lowest BCUT2D eigenvalue weighted by Crippen LogP contribution is -2.57. The Morgan fingerprint density at radius 3 is 1.93 bits per heavy atom. The van der Waals surface area contributed by atoms with Crippen molar-refractivity contribution in [3.8, 4) is 0 Å². The van der Waals surface area contributed by atoms with E-state index in [0.29, 0.717) is 4.57 Å². The predicted molar refractivity (Wildman–Crippen MR) is 43.6 cm³/mol. The first-order chi connectivity index (χ1) is 6.82. The summed E-state index contributed by atoms with van der Waals surface area (Å²) in [7, 11) is 3.44. The molecule has 7 heteroatoms. The zero-order chi connectivity index (χ0) is 11.6. The molecule has 1 aromatic heterocycles. The molecular formula is C8H10F3N3O+2. The SMILES string of the molecule is CN(C)[n+]1cc[n+](C(=O)C(F)(F)F)cc1. The Balaban J connectivity index is 2.95. The highest BCUT2D eigenvalue weighted by Gasteiger charge is 2.47. The molecule has 1 aromatic rings. The molecule has 0 amide bonds. The van der Waals surface area contributed by atoms with E-state index < -0.39 is 12.1 Å². The molecular weight excluding hydrogens is 211 g/mol. The second-order valence-corrected chi connectivity index (χ2v) is 3.03. The molecule has 0 aliphatic rings. The van der Waals surface area contributed by atoms with E-state index in [1.54, 1.807) is 19.1 Å². The van der Waals surface area contributed by atoms with Crippen LogP contribution in [0.4, 0.5) is 13.2 Å². The van der Waals surface area contributed by atoms with E-state index in [0.717, 1.165) is 12.4 Å². The number of carbonyl (C=O) groups excluding carboxylic acids is 1. The van der Waals surface area contributed by atoms with Gasteiger partial charge in [-0.3, -0.25) is 0 Å². The maximum atomic E-state index is 12.0. The van der Waals surface area contributed by atoms with Gasteiger partial charge in [0.15, 0.2) is 0 Å². The highest BCUT2D eigenvalue weighted by molar-refractivity contribution is 5.72. The fourth-order valence-corrected chi connectivity index (χ4v) is 0.928. The third-order valence-corrected chi connectivity index (χ3v) is 1.70. The van der Waals surface area contributed by atoms with E-state index in [-0.39, 0.29) is 0 Å². The summed E-state index contributed by atoms with van der Waals surface area (Å²) in [6, 6.07) is 0. The second-order valence-electron chi connectivity index (χ2n) is 3.03. The predicted octanol–water partition coefficient (Wildman–Crippen LogP) is -0.338. The standard InChI is InChI=1S/C8H10F3N3O/c1-12(2)14-5-3-13(4-6-14)7(15)8(9,10)11/h3-6H,1-2H3/q+2. The average molecular weight is 221 g/mol. The monoisotopic (exact) mass is 221 g/mol. The summed E-state index contributed by atoms with van der Waals surface area (Å²) in [4.78, 5) is 10.8. The molecule has 0 bridgehead atoms. The Morgan fingerprint density at radius 1 is 1.13 bits per heavy atom. The summed E-state index contributed by atoms with van der Waals surface area (Å²) in [6.45, 7) is 0. The molecule has 0 fully saturated rings. The molecule has 82 valence electrons. The van der Waals surface area contributed by atoms with Crippen LogP contribution in [0.5, 0.6) is 0 Å². The van der Waals surface area contributed by atoms with E-state index in [1.807, 2.05) is 0 Å². The van der Waals surface area contributed by atoms with Crippen molar-refractivity contribution in [2.75, 3.05) is 19.1 Å². The molecule has 0 saturated heterocycles. The summed E-state index contributed by atoms with van der Waals surface area (Å²) < 4.78 is 38.0. The van der Waals surface area contributed by atoms with E-state index in [4.69, 9.17) is 0 Å². The molecule has 4 nitrogen and oxygen atoms in total. The quantitative estimate of drug-likeness (QED) is 0.607. The van der Waals surface area contributed by atoms with Gasteiger partial charge in [-0.05, 0) is 0 Å². The fourth-order valence-electron chi connectivity index (χ4n) is 0.928. The van der Waals surface area contributed by atoms with Gasteiger partial charge in [0, 0.05) is 0 Å². The minimum atomic E-state index is -4.85. The summed E-state index contributed by atoms with van der Waals surface area (Å²) in [6.07, 6.45) is -0.0477. The van der Waals surface area contributed by atoms with Gasteiger partial charge in [-0.1, -0.05) is 4.68 Å². The molecule has 15 heavy (non-hydrogen) atoms. The number of carbonyl (C=O) groups is 1. The minimum Gasteiger partial charge on any atom is -0.208 e. The van der Waals surface area contributed by atoms with Crippen molar-refractivity contribution in [3.63, 3.8) is 0 Å². The smallest absolute Gasteiger partial charge is 0.208 e. The third kappa shape index (κ3) is 2.64. The first-order valence-corrected chi connectivity index (χ1v) is 4.04. The van der Waals surface area contributed by atoms with Gasteiger partial charge in [0.25, 0.3) is 12.4 Å². The largest absolute Gasteiger partial charge is 0.521 e. The molecule has 0 aliphatic heterocycles. The van der Waals surface area contributed by atoms with E-state index in [2.05, 4.69) is 0 Å². The Hall–Kier alpha value is -1.66. The summed E-state index contributed by atoms with van der Waals surface area (Å²) >= 11 is 0. The van der Waals surface area contributed by atoms with E-state index >= 15 is 0 Å². The number of alkyl halides is 3. The van der Waals surface area contributed by atoms with Crippen LogP contribution in [0.15, 0.2) is 24.8 Å². The number of hydrogen-bond donors (Lipinski definition) is 0. The Labute approximate surface area is 84.1 Å². The molecule has 0 aromatic carbocycles. The number of hydrogen-bond acceptors (Lipinski definition) is 2. The van der Waals surface area contributed by atoms with Crippen molar-refractivity contribution >= 4 is 5.91 Å². The van der Waals surface area contributed by atoms with Gasteiger partial charge in [-0.15, -0.1) is 4.57 Å². The Kier molecular flexibility index (Phi) is 2.92. The van der Waals surface area contributed by atoms with Gasteiger partial charge in [0.05, 0.1) is 14.1 Å². The van der Waals surface area contributed by atoms with Crippen LogP contribution in [0.25, 0.3) is 0 Å². The van der Waals surface area contributed by atoms with Crippen LogP contribution in [0.2, 0.25) is 0 Å². The maximum Gasteiger partial charge on any atom is 0.521 e. The molecule has 0 N–H and O–H groups in total. The van der Waals surface area contributed by atoms with Crippen LogP contribution in [-0.2, 0) is 0 Å². The second kappa shape index (κ2) is 3.84. The minimum absolute atomic E-state index is 0.486. The van der Waals surface area contributed by atoms with Crippen molar-refractivity contribution in [2.24, 2.45) is 0 Å². The first kappa shape index (κ1) is 11.4. The molecule has 0 unspecified atom stereocenters. The molecule has 0 atom stereocenters. The molecule has 1 rings (SSSR count). The maximum absolute atomic E-state index is 12.0. The lowest BCUT2D eigenvalue weighted by atomic mass is 10.5. The van der Waals surface area contributed by atoms with Crippen molar-refractivity contribution < 1.29 is 27.2 Å². The average Bonchev–Trinajstić information content (AvgIpc) is 2.15. The van der Waals surface area contributed by atoms with Crippen molar-refractivity contribution in [2.45, 2.75) is 6.18 Å². The van der Waals surface area contributed by atoms with Crippen LogP contribution in [0, 0.1) is 0 Å². The summed E-state index contributed by atoms with van der Waals surface area (Å²) in [5.74, 6) is -1.91. The summed E-state index contributed by atoms with van der Waals surface area (Å²) in [5.41, 5.74) is 0. The van der Waals surface area contributed by atoms with E-state index in [9.17, 15) is 18.0 Å². The highest BCUT2D eigenvalue weighted by Crippen LogP contribution is 2.13. The normalized spacial score (nSPS) is 11.3. The van der Waals surface area contributed by atoms with Gasteiger partial charge >= 0.3 is 12.1 Å². The van der Waals surface area contributed by atoms with Crippen LogP contribution in [-0.4, -0.2) is 26.2 Å². The molecule has 0 radical (unpaired) electrons. The van der Waals surface area contributed by atoms with Crippen LogP contribution in [0.1, 0.15) is 4.79 Å². The van der Waals surface area contributed by atoms with Gasteiger partial charge in [0.1, 0.15) is 0 Å². The van der Waals surface area contributed by atoms with Crippen molar-refractivity contribution in [1.82, 2.24) is 0 Å². The fraction of sp³-hybridized carbons (Fsp3) is 0.375. The zero-order valence-corrected chi connectivity index (χ0v) is 8.19. The highest BCUT2D eigenvalue weighted by atomic mass is 19.4. The number of aromatic nitrogens is 2. The topological polar surface area (TPSA) is 28.1 Å².